The zero-order valence-corrected chi connectivity index (χ0v) is 12.3. The van der Waals surface area contributed by atoms with Gasteiger partial charge in [-0.3, -0.25) is 10.1 Å². The Morgan fingerprint density at radius 2 is 2.35 bits per heavy atom. The molecule has 6 heteroatoms. The number of ether oxygens (including phenoxy) is 1. The number of aromatic amines is 1. The van der Waals surface area contributed by atoms with E-state index < -0.39 is 0 Å². The van der Waals surface area contributed by atoms with Gasteiger partial charge in [0.15, 0.2) is 0 Å². The molecule has 1 saturated heterocycles. The van der Waals surface area contributed by atoms with E-state index in [0.29, 0.717) is 26.1 Å². The van der Waals surface area contributed by atoms with Crippen LogP contribution in [0.3, 0.4) is 0 Å². The summed E-state index contributed by atoms with van der Waals surface area (Å²) in [5, 5.41) is 3.30. The molecule has 2 atom stereocenters. The third-order valence-corrected chi connectivity index (χ3v) is 3.91. The predicted octanol–water partition coefficient (Wildman–Crippen LogP) is 0.450. The van der Waals surface area contributed by atoms with Crippen molar-refractivity contribution < 1.29 is 9.53 Å². The number of hydrogen-bond acceptors (Lipinski definition) is 4. The number of nitrogens with zero attached hydrogens (tertiary/aromatic N) is 2. The standard InChI is InChI=1S/C14H22N4O2/c1-9-6-18(7-14(2,3)20-9)13(19)11-4-10-12(5-15-11)17-8-16-10/h8-9,11,15H,4-7H2,1-3H3,(H,16,17). The quantitative estimate of drug-likeness (QED) is 0.782. The molecule has 2 aliphatic rings. The van der Waals surface area contributed by atoms with Crippen LogP contribution >= 0.6 is 0 Å². The van der Waals surface area contributed by atoms with Crippen LogP contribution in [0.25, 0.3) is 0 Å². The molecule has 2 aliphatic heterocycles. The van der Waals surface area contributed by atoms with Crippen LogP contribution in [0.5, 0.6) is 0 Å². The minimum absolute atomic E-state index is 0.0761. The molecule has 110 valence electrons. The second-order valence-corrected chi connectivity index (χ2v) is 6.37. The minimum Gasteiger partial charge on any atom is -0.369 e. The average molecular weight is 278 g/mol. The highest BCUT2D eigenvalue weighted by atomic mass is 16.5. The summed E-state index contributed by atoms with van der Waals surface area (Å²) in [5.74, 6) is 0.155. The Kier molecular flexibility index (Phi) is 3.30. The molecular formula is C14H22N4O2. The van der Waals surface area contributed by atoms with Crippen LogP contribution in [0.1, 0.15) is 32.2 Å². The van der Waals surface area contributed by atoms with E-state index in [0.717, 1.165) is 11.4 Å². The van der Waals surface area contributed by atoms with Gasteiger partial charge in [0.05, 0.1) is 35.5 Å². The van der Waals surface area contributed by atoms with Crippen molar-refractivity contribution >= 4 is 5.91 Å². The van der Waals surface area contributed by atoms with Crippen molar-refractivity contribution in [3.63, 3.8) is 0 Å². The lowest BCUT2D eigenvalue weighted by molar-refractivity contribution is -0.160. The Morgan fingerprint density at radius 3 is 3.10 bits per heavy atom. The number of hydrogen-bond donors (Lipinski definition) is 2. The molecule has 2 unspecified atom stereocenters. The van der Waals surface area contributed by atoms with Crippen LogP contribution in [-0.2, 0) is 22.5 Å². The van der Waals surface area contributed by atoms with Gasteiger partial charge < -0.3 is 14.6 Å². The van der Waals surface area contributed by atoms with Gasteiger partial charge in [0, 0.05) is 26.1 Å². The van der Waals surface area contributed by atoms with Gasteiger partial charge in [0.1, 0.15) is 0 Å². The fourth-order valence-corrected chi connectivity index (χ4v) is 3.19. The molecule has 0 radical (unpaired) electrons. The third kappa shape index (κ3) is 2.58. The van der Waals surface area contributed by atoms with Crippen LogP contribution in [0, 0.1) is 0 Å². The van der Waals surface area contributed by atoms with Crippen molar-refractivity contribution in [1.82, 2.24) is 20.2 Å². The normalized spacial score (nSPS) is 29.1. The molecule has 0 bridgehead atoms. The largest absolute Gasteiger partial charge is 0.369 e. The summed E-state index contributed by atoms with van der Waals surface area (Å²) in [6, 6.07) is -0.174. The molecule has 3 rings (SSSR count). The van der Waals surface area contributed by atoms with E-state index >= 15 is 0 Å². The van der Waals surface area contributed by atoms with E-state index in [-0.39, 0.29) is 23.7 Å². The molecule has 6 nitrogen and oxygen atoms in total. The summed E-state index contributed by atoms with van der Waals surface area (Å²) >= 11 is 0. The predicted molar refractivity (Wildman–Crippen MR) is 74.1 cm³/mol. The van der Waals surface area contributed by atoms with Gasteiger partial charge in [-0.15, -0.1) is 0 Å². The van der Waals surface area contributed by atoms with Gasteiger partial charge in [0.2, 0.25) is 5.91 Å². The molecular weight excluding hydrogens is 256 g/mol. The van der Waals surface area contributed by atoms with Crippen molar-refractivity contribution in [2.45, 2.75) is 51.5 Å². The van der Waals surface area contributed by atoms with Gasteiger partial charge >= 0.3 is 0 Å². The lowest BCUT2D eigenvalue weighted by atomic mass is 10.0. The molecule has 0 saturated carbocycles. The van der Waals surface area contributed by atoms with Crippen LogP contribution in [0.2, 0.25) is 0 Å². The summed E-state index contributed by atoms with van der Waals surface area (Å²) in [5.41, 5.74) is 1.81. The van der Waals surface area contributed by atoms with E-state index in [2.05, 4.69) is 15.3 Å². The Hall–Kier alpha value is -1.40. The fraction of sp³-hybridized carbons (Fsp3) is 0.714. The molecule has 2 N–H and O–H groups in total. The Morgan fingerprint density at radius 1 is 1.55 bits per heavy atom. The number of H-pyrrole nitrogens is 1. The van der Waals surface area contributed by atoms with E-state index in [1.54, 1.807) is 6.33 Å². The van der Waals surface area contributed by atoms with Gasteiger partial charge in [-0.05, 0) is 20.8 Å². The zero-order chi connectivity index (χ0) is 14.3. The molecule has 0 aromatic carbocycles. The number of carbonyl (C=O) groups excluding carboxylic acids is 1. The van der Waals surface area contributed by atoms with E-state index in [1.165, 1.54) is 0 Å². The van der Waals surface area contributed by atoms with Gasteiger partial charge in [-0.25, -0.2) is 4.98 Å². The monoisotopic (exact) mass is 278 g/mol. The second-order valence-electron chi connectivity index (χ2n) is 6.37. The maximum absolute atomic E-state index is 12.7. The third-order valence-electron chi connectivity index (χ3n) is 3.91. The minimum atomic E-state index is -0.278. The van der Waals surface area contributed by atoms with Crippen molar-refractivity contribution in [2.75, 3.05) is 13.1 Å². The maximum Gasteiger partial charge on any atom is 0.240 e. The van der Waals surface area contributed by atoms with Crippen LogP contribution in [0.15, 0.2) is 6.33 Å². The molecule has 1 fully saturated rings. The number of nitrogens with one attached hydrogen (secondary N) is 2. The average Bonchev–Trinajstić information content (AvgIpc) is 2.82. The van der Waals surface area contributed by atoms with Crippen LogP contribution in [-0.4, -0.2) is 51.6 Å². The summed E-state index contributed by atoms with van der Waals surface area (Å²) in [7, 11) is 0. The van der Waals surface area contributed by atoms with Gasteiger partial charge in [0.25, 0.3) is 0 Å². The highest BCUT2D eigenvalue weighted by Crippen LogP contribution is 2.22. The summed E-state index contributed by atoms with van der Waals surface area (Å²) in [6.45, 7) is 8.05. The molecule has 0 spiro atoms. The first-order chi connectivity index (χ1) is 9.44. The van der Waals surface area contributed by atoms with Crippen LogP contribution < -0.4 is 5.32 Å². The van der Waals surface area contributed by atoms with Crippen molar-refractivity contribution in [2.24, 2.45) is 0 Å². The number of carbonyl (C=O) groups is 1. The van der Waals surface area contributed by atoms with Crippen molar-refractivity contribution in [1.29, 1.82) is 0 Å². The Bertz CT molecular complexity index is 511. The smallest absolute Gasteiger partial charge is 0.240 e. The SMILES string of the molecule is CC1CN(C(=O)C2Cc3nc[nH]c3CN2)CC(C)(C)O1. The van der Waals surface area contributed by atoms with Crippen molar-refractivity contribution in [3.8, 4) is 0 Å². The fourth-order valence-electron chi connectivity index (χ4n) is 3.19. The lowest BCUT2D eigenvalue weighted by Gasteiger charge is -2.43. The molecule has 1 amide bonds. The number of amides is 1. The highest BCUT2D eigenvalue weighted by molar-refractivity contribution is 5.82. The van der Waals surface area contributed by atoms with E-state index in [4.69, 9.17) is 4.74 Å². The first-order valence-electron chi connectivity index (χ1n) is 7.16. The Labute approximate surface area is 118 Å². The highest BCUT2D eigenvalue weighted by Gasteiger charge is 2.37. The van der Waals surface area contributed by atoms with E-state index in [9.17, 15) is 4.79 Å². The van der Waals surface area contributed by atoms with Gasteiger partial charge in [-0.2, -0.15) is 0 Å². The maximum atomic E-state index is 12.7. The first-order valence-corrected chi connectivity index (χ1v) is 7.16. The molecule has 0 aliphatic carbocycles. The Balaban J connectivity index is 1.70. The first kappa shape index (κ1) is 13.6. The van der Waals surface area contributed by atoms with Gasteiger partial charge in [-0.1, -0.05) is 0 Å². The molecule has 1 aromatic rings. The second kappa shape index (κ2) is 4.86. The summed E-state index contributed by atoms with van der Waals surface area (Å²) in [6.07, 6.45) is 2.43. The number of aromatic nitrogens is 2. The zero-order valence-electron chi connectivity index (χ0n) is 12.3. The lowest BCUT2D eigenvalue weighted by Crippen LogP contribution is -2.58. The number of fused-ring (bicyclic) bond motifs is 1. The molecule has 3 heterocycles. The van der Waals surface area contributed by atoms with Crippen LogP contribution in [0.4, 0.5) is 0 Å². The summed E-state index contributed by atoms with van der Waals surface area (Å²) in [4.78, 5) is 22.0. The summed E-state index contributed by atoms with van der Waals surface area (Å²) < 4.78 is 5.85. The molecule has 1 aromatic heterocycles. The number of imidazole rings is 1. The van der Waals surface area contributed by atoms with E-state index in [1.807, 2.05) is 25.7 Å². The topological polar surface area (TPSA) is 70.2 Å². The number of rotatable bonds is 1. The molecule has 20 heavy (non-hydrogen) atoms. The van der Waals surface area contributed by atoms with Crippen molar-refractivity contribution in [3.05, 3.63) is 17.7 Å². The number of morpholine rings is 1.